The van der Waals surface area contributed by atoms with Crippen LogP contribution in [0.2, 0.25) is 0 Å². The van der Waals surface area contributed by atoms with Gasteiger partial charge < -0.3 is 15.6 Å². The van der Waals surface area contributed by atoms with E-state index in [1.165, 1.54) is 0 Å². The van der Waals surface area contributed by atoms with Gasteiger partial charge in [0.05, 0.1) is 7.11 Å². The molecule has 0 radical (unpaired) electrons. The van der Waals surface area contributed by atoms with Crippen LogP contribution in [0.15, 0.2) is 18.2 Å². The first-order valence-corrected chi connectivity index (χ1v) is 5.96. The lowest BCUT2D eigenvalue weighted by molar-refractivity contribution is 0.223. The van der Waals surface area contributed by atoms with Crippen molar-refractivity contribution in [2.45, 2.75) is 19.9 Å². The van der Waals surface area contributed by atoms with Crippen molar-refractivity contribution < 1.29 is 9.84 Å². The fourth-order valence-electron chi connectivity index (χ4n) is 1.81. The smallest absolute Gasteiger partial charge is 0.123 e. The van der Waals surface area contributed by atoms with Crippen molar-refractivity contribution in [2.24, 2.45) is 0 Å². The molecule has 0 aliphatic heterocycles. The highest BCUT2D eigenvalue weighted by molar-refractivity contribution is 5.47. The minimum Gasteiger partial charge on any atom is -0.496 e. The molecule has 4 heteroatoms. The van der Waals surface area contributed by atoms with Gasteiger partial charge in [-0.25, -0.2) is 0 Å². The van der Waals surface area contributed by atoms with Crippen LogP contribution in [-0.2, 0) is 6.54 Å². The Morgan fingerprint density at radius 3 is 2.76 bits per heavy atom. The molecule has 0 aliphatic rings. The Morgan fingerprint density at radius 2 is 2.18 bits per heavy atom. The molecule has 17 heavy (non-hydrogen) atoms. The summed E-state index contributed by atoms with van der Waals surface area (Å²) in [5.74, 6) is 0.863. The first-order chi connectivity index (χ1) is 8.21. The zero-order valence-corrected chi connectivity index (χ0v) is 10.6. The summed E-state index contributed by atoms with van der Waals surface area (Å²) in [4.78, 5) is 2.26. The standard InChI is InChI=1S/C13H22N2O2/c1-3-15(7-4-8-16)10-11-9-12(14)5-6-13(11)17-2/h5-6,9,16H,3-4,7-8,10,14H2,1-2H3. The topological polar surface area (TPSA) is 58.7 Å². The van der Waals surface area contributed by atoms with Crippen molar-refractivity contribution >= 4 is 5.69 Å². The van der Waals surface area contributed by atoms with E-state index in [4.69, 9.17) is 15.6 Å². The van der Waals surface area contributed by atoms with Crippen molar-refractivity contribution in [3.8, 4) is 5.75 Å². The van der Waals surface area contributed by atoms with Crippen LogP contribution in [0.1, 0.15) is 18.9 Å². The Hall–Kier alpha value is -1.26. The van der Waals surface area contributed by atoms with Crippen molar-refractivity contribution in [1.82, 2.24) is 4.90 Å². The Labute approximate surface area is 103 Å². The number of aliphatic hydroxyl groups is 1. The van der Waals surface area contributed by atoms with E-state index < -0.39 is 0 Å². The monoisotopic (exact) mass is 238 g/mol. The van der Waals surface area contributed by atoms with Gasteiger partial charge in [-0.1, -0.05) is 6.92 Å². The largest absolute Gasteiger partial charge is 0.496 e. The number of nitrogen functional groups attached to an aromatic ring is 1. The lowest BCUT2D eigenvalue weighted by Gasteiger charge is -2.21. The molecule has 0 saturated heterocycles. The number of methoxy groups -OCH3 is 1. The highest BCUT2D eigenvalue weighted by Crippen LogP contribution is 2.22. The molecule has 1 aromatic rings. The van der Waals surface area contributed by atoms with Crippen molar-refractivity contribution in [1.29, 1.82) is 0 Å². The third-order valence-electron chi connectivity index (χ3n) is 2.78. The van der Waals surface area contributed by atoms with Crippen LogP contribution in [0.3, 0.4) is 0 Å². The molecule has 0 atom stereocenters. The van der Waals surface area contributed by atoms with E-state index >= 15 is 0 Å². The maximum Gasteiger partial charge on any atom is 0.123 e. The predicted molar refractivity (Wildman–Crippen MR) is 70.1 cm³/mol. The van der Waals surface area contributed by atoms with Crippen LogP contribution in [0.25, 0.3) is 0 Å². The van der Waals surface area contributed by atoms with Gasteiger partial charge in [0.2, 0.25) is 0 Å². The summed E-state index contributed by atoms with van der Waals surface area (Å²) >= 11 is 0. The summed E-state index contributed by atoms with van der Waals surface area (Å²) in [6, 6.07) is 5.68. The Bertz CT molecular complexity index is 342. The van der Waals surface area contributed by atoms with E-state index in [1.807, 2.05) is 18.2 Å². The molecule has 1 aromatic carbocycles. The molecular formula is C13H22N2O2. The number of ether oxygens (including phenoxy) is 1. The molecule has 0 bridgehead atoms. The number of hydrogen-bond acceptors (Lipinski definition) is 4. The van der Waals surface area contributed by atoms with Gasteiger partial charge in [-0.15, -0.1) is 0 Å². The molecule has 3 N–H and O–H groups in total. The summed E-state index contributed by atoms with van der Waals surface area (Å²) < 4.78 is 5.32. The van der Waals surface area contributed by atoms with Gasteiger partial charge in [0, 0.05) is 30.9 Å². The second kappa shape index (κ2) is 7.14. The number of aliphatic hydroxyl groups excluding tert-OH is 1. The van der Waals surface area contributed by atoms with Crippen LogP contribution < -0.4 is 10.5 Å². The number of nitrogens with two attached hydrogens (primary N) is 1. The zero-order chi connectivity index (χ0) is 12.7. The number of hydrogen-bond donors (Lipinski definition) is 2. The van der Waals surface area contributed by atoms with E-state index in [0.717, 1.165) is 43.1 Å². The van der Waals surface area contributed by atoms with E-state index in [2.05, 4.69) is 11.8 Å². The highest BCUT2D eigenvalue weighted by atomic mass is 16.5. The first-order valence-electron chi connectivity index (χ1n) is 5.96. The molecule has 0 amide bonds. The van der Waals surface area contributed by atoms with Gasteiger partial charge in [0.25, 0.3) is 0 Å². The number of benzene rings is 1. The molecule has 0 fully saturated rings. The van der Waals surface area contributed by atoms with E-state index in [9.17, 15) is 0 Å². The number of rotatable bonds is 7. The highest BCUT2D eigenvalue weighted by Gasteiger charge is 2.08. The second-order valence-corrected chi connectivity index (χ2v) is 4.02. The minimum absolute atomic E-state index is 0.227. The molecule has 0 spiro atoms. The van der Waals surface area contributed by atoms with Crippen LogP contribution >= 0.6 is 0 Å². The molecule has 4 nitrogen and oxygen atoms in total. The SMILES string of the molecule is CCN(CCCO)Cc1cc(N)ccc1OC. The Kier molecular flexibility index (Phi) is 5.80. The fourth-order valence-corrected chi connectivity index (χ4v) is 1.81. The van der Waals surface area contributed by atoms with Gasteiger partial charge in [-0.05, 0) is 31.2 Å². The lowest BCUT2D eigenvalue weighted by Crippen LogP contribution is -2.25. The van der Waals surface area contributed by atoms with Crippen LogP contribution in [0.5, 0.6) is 5.75 Å². The van der Waals surface area contributed by atoms with Crippen LogP contribution in [0.4, 0.5) is 5.69 Å². The molecule has 0 aliphatic carbocycles. The van der Waals surface area contributed by atoms with Crippen molar-refractivity contribution in [2.75, 3.05) is 32.5 Å². The number of nitrogens with zero attached hydrogens (tertiary/aromatic N) is 1. The summed E-state index contributed by atoms with van der Waals surface area (Å²) in [6.45, 7) is 4.95. The molecular weight excluding hydrogens is 216 g/mol. The van der Waals surface area contributed by atoms with E-state index in [-0.39, 0.29) is 6.61 Å². The van der Waals surface area contributed by atoms with Crippen LogP contribution in [-0.4, -0.2) is 36.8 Å². The van der Waals surface area contributed by atoms with Crippen molar-refractivity contribution in [3.63, 3.8) is 0 Å². The average Bonchev–Trinajstić information content (AvgIpc) is 2.34. The van der Waals surface area contributed by atoms with E-state index in [0.29, 0.717) is 0 Å². The molecule has 0 unspecified atom stereocenters. The lowest BCUT2D eigenvalue weighted by atomic mass is 10.1. The zero-order valence-electron chi connectivity index (χ0n) is 10.6. The maximum atomic E-state index is 8.85. The predicted octanol–water partition coefficient (Wildman–Crippen LogP) is 1.48. The molecule has 0 heterocycles. The maximum absolute atomic E-state index is 8.85. The second-order valence-electron chi connectivity index (χ2n) is 4.02. The Morgan fingerprint density at radius 1 is 1.41 bits per heavy atom. The Balaban J connectivity index is 2.73. The van der Waals surface area contributed by atoms with Gasteiger partial charge in [0.1, 0.15) is 5.75 Å². The average molecular weight is 238 g/mol. The van der Waals surface area contributed by atoms with Gasteiger partial charge >= 0.3 is 0 Å². The first kappa shape index (κ1) is 13.8. The summed E-state index contributed by atoms with van der Waals surface area (Å²) in [6.07, 6.45) is 0.790. The van der Waals surface area contributed by atoms with Gasteiger partial charge in [-0.3, -0.25) is 4.90 Å². The van der Waals surface area contributed by atoms with Crippen LogP contribution in [0, 0.1) is 0 Å². The fraction of sp³-hybridized carbons (Fsp3) is 0.538. The van der Waals surface area contributed by atoms with Gasteiger partial charge in [0.15, 0.2) is 0 Å². The number of anilines is 1. The minimum atomic E-state index is 0.227. The van der Waals surface area contributed by atoms with E-state index in [1.54, 1.807) is 7.11 Å². The molecule has 96 valence electrons. The third kappa shape index (κ3) is 4.24. The molecule has 1 rings (SSSR count). The molecule has 0 aromatic heterocycles. The van der Waals surface area contributed by atoms with Gasteiger partial charge in [-0.2, -0.15) is 0 Å². The normalized spacial score (nSPS) is 10.8. The summed E-state index contributed by atoms with van der Waals surface area (Å²) in [5.41, 5.74) is 7.62. The summed E-state index contributed by atoms with van der Waals surface area (Å²) in [5, 5.41) is 8.85. The quantitative estimate of drug-likeness (QED) is 0.706. The third-order valence-corrected chi connectivity index (χ3v) is 2.78. The molecule has 0 saturated carbocycles. The summed E-state index contributed by atoms with van der Waals surface area (Å²) in [7, 11) is 1.67. The van der Waals surface area contributed by atoms with Crippen molar-refractivity contribution in [3.05, 3.63) is 23.8 Å².